The molecule has 2 N–H and O–H groups in total. The highest BCUT2D eigenvalue weighted by Gasteiger charge is 2.35. The number of oxazole rings is 1. The van der Waals surface area contributed by atoms with E-state index in [1.54, 1.807) is 0 Å². The van der Waals surface area contributed by atoms with E-state index >= 15 is 0 Å². The number of hydrogen-bond acceptors (Lipinski definition) is 7. The third-order valence-corrected chi connectivity index (χ3v) is 9.87. The van der Waals surface area contributed by atoms with Gasteiger partial charge in [0.1, 0.15) is 15.5 Å². The first kappa shape index (κ1) is 27.9. The minimum atomic E-state index is -5.07. The molecule has 0 aliphatic rings. The monoisotopic (exact) mass is 631 g/mol. The Kier molecular flexibility index (Phi) is 7.02. The number of thiophene rings is 1. The Hall–Kier alpha value is -3.66. The van der Waals surface area contributed by atoms with Crippen LogP contribution >= 0.6 is 22.9 Å². The SMILES string of the molecule is O=S(=O)(Nc1ccc(-c2nc3cc(NS(=O)(=O)c4ccc(Cl)s4)ccc3o2)cc1)c1ccc(F)c(C(F)(F)F)c1. The number of nitrogens with one attached hydrogen (secondary N) is 2. The number of sulfonamides is 2. The minimum Gasteiger partial charge on any atom is -0.436 e. The highest BCUT2D eigenvalue weighted by Crippen LogP contribution is 2.34. The van der Waals surface area contributed by atoms with Gasteiger partial charge in [-0.15, -0.1) is 11.3 Å². The van der Waals surface area contributed by atoms with E-state index in [0.29, 0.717) is 27.1 Å². The van der Waals surface area contributed by atoms with E-state index in [9.17, 15) is 34.4 Å². The van der Waals surface area contributed by atoms with E-state index in [1.807, 2.05) is 0 Å². The number of anilines is 2. The average molecular weight is 632 g/mol. The fraction of sp³-hybridized carbons (Fsp3) is 0.0417. The van der Waals surface area contributed by atoms with E-state index in [1.165, 1.54) is 54.6 Å². The van der Waals surface area contributed by atoms with Gasteiger partial charge in [0.05, 0.1) is 20.5 Å². The number of rotatable bonds is 7. The Bertz CT molecular complexity index is 1960. The summed E-state index contributed by atoms with van der Waals surface area (Å²) < 4.78 is 113. The molecule has 0 atom stereocenters. The molecule has 5 aromatic rings. The summed E-state index contributed by atoms with van der Waals surface area (Å²) in [4.78, 5) is 3.58. The molecule has 2 heterocycles. The molecule has 5 rings (SSSR count). The van der Waals surface area contributed by atoms with Gasteiger partial charge in [-0.25, -0.2) is 26.2 Å². The normalized spacial score (nSPS) is 12.5. The van der Waals surface area contributed by atoms with Crippen molar-refractivity contribution < 1.29 is 38.8 Å². The molecule has 16 heteroatoms. The highest BCUT2D eigenvalue weighted by molar-refractivity contribution is 7.94. The van der Waals surface area contributed by atoms with E-state index in [-0.39, 0.29) is 27.5 Å². The third-order valence-electron chi connectivity index (χ3n) is 5.39. The number of alkyl halides is 3. The second kappa shape index (κ2) is 10.1. The van der Waals surface area contributed by atoms with Crippen molar-refractivity contribution in [3.8, 4) is 11.5 Å². The maximum atomic E-state index is 13.5. The lowest BCUT2D eigenvalue weighted by Gasteiger charge is -2.12. The molecule has 3 aromatic carbocycles. The van der Waals surface area contributed by atoms with Gasteiger partial charge in [0.2, 0.25) is 5.89 Å². The molecule has 2 aromatic heterocycles. The summed E-state index contributed by atoms with van der Waals surface area (Å²) in [6, 6.07) is 14.3. The van der Waals surface area contributed by atoms with Crippen LogP contribution < -0.4 is 9.44 Å². The van der Waals surface area contributed by atoms with Crippen molar-refractivity contribution in [1.82, 2.24) is 4.98 Å². The Morgan fingerprint density at radius 3 is 2.15 bits per heavy atom. The maximum Gasteiger partial charge on any atom is 0.419 e. The van der Waals surface area contributed by atoms with Crippen molar-refractivity contribution in [3.63, 3.8) is 0 Å². The predicted molar refractivity (Wildman–Crippen MR) is 142 cm³/mol. The van der Waals surface area contributed by atoms with Crippen molar-refractivity contribution in [3.05, 3.63) is 88.5 Å². The Balaban J connectivity index is 1.35. The van der Waals surface area contributed by atoms with Gasteiger partial charge < -0.3 is 4.42 Å². The van der Waals surface area contributed by atoms with Crippen LogP contribution in [0.1, 0.15) is 5.56 Å². The van der Waals surface area contributed by atoms with Crippen LogP contribution in [0.15, 0.2) is 86.3 Å². The summed E-state index contributed by atoms with van der Waals surface area (Å²) in [6.45, 7) is 0. The second-order valence-corrected chi connectivity index (χ2v) is 13.5. The molecule has 0 radical (unpaired) electrons. The smallest absolute Gasteiger partial charge is 0.419 e. The highest BCUT2D eigenvalue weighted by atomic mass is 35.5. The van der Waals surface area contributed by atoms with Crippen LogP contribution in [-0.2, 0) is 26.2 Å². The molecule has 0 saturated carbocycles. The van der Waals surface area contributed by atoms with Crippen molar-refractivity contribution in [2.75, 3.05) is 9.44 Å². The van der Waals surface area contributed by atoms with Crippen molar-refractivity contribution in [1.29, 1.82) is 0 Å². The van der Waals surface area contributed by atoms with Crippen molar-refractivity contribution in [2.24, 2.45) is 0 Å². The first-order valence-corrected chi connectivity index (χ1v) is 15.1. The first-order chi connectivity index (χ1) is 18.7. The number of aromatic nitrogens is 1. The van der Waals surface area contributed by atoms with Gasteiger partial charge in [0, 0.05) is 11.3 Å². The largest absolute Gasteiger partial charge is 0.436 e. The fourth-order valence-electron chi connectivity index (χ4n) is 3.55. The van der Waals surface area contributed by atoms with Crippen LogP contribution in [0.5, 0.6) is 0 Å². The molecule has 208 valence electrons. The van der Waals surface area contributed by atoms with Gasteiger partial charge in [0.15, 0.2) is 5.58 Å². The van der Waals surface area contributed by atoms with Crippen molar-refractivity contribution >= 4 is 65.5 Å². The standard InChI is InChI=1S/C24H14ClF4N3O5S3/c25-21-9-10-22(38-21)40(35,36)32-15-5-8-20-19(11-15)30-23(37-20)13-1-3-14(4-2-13)31-39(33,34)16-6-7-18(26)17(12-16)24(27,28)29/h1-12,31-32H. The predicted octanol–water partition coefficient (Wildman–Crippen LogP) is 6.97. The molecule has 0 aliphatic carbocycles. The summed E-state index contributed by atoms with van der Waals surface area (Å²) in [7, 11) is -8.33. The third kappa shape index (κ3) is 5.77. The number of halogens is 5. The van der Waals surface area contributed by atoms with Gasteiger partial charge in [-0.2, -0.15) is 13.2 Å². The summed E-state index contributed by atoms with van der Waals surface area (Å²) in [5.74, 6) is -1.45. The summed E-state index contributed by atoms with van der Waals surface area (Å²) >= 11 is 6.73. The molecule has 0 fully saturated rings. The van der Waals surface area contributed by atoms with Gasteiger partial charge in [-0.3, -0.25) is 9.44 Å². The molecule has 0 bridgehead atoms. The molecular formula is C24H14ClF4N3O5S3. The van der Waals surface area contributed by atoms with Gasteiger partial charge in [-0.1, -0.05) is 11.6 Å². The molecule has 40 heavy (non-hydrogen) atoms. The van der Waals surface area contributed by atoms with Crippen LogP contribution in [0.25, 0.3) is 22.6 Å². The quantitative estimate of drug-likeness (QED) is 0.187. The second-order valence-electron chi connectivity index (χ2n) is 8.19. The number of hydrogen-bond donors (Lipinski definition) is 2. The topological polar surface area (TPSA) is 118 Å². The minimum absolute atomic E-state index is 0.0168. The van der Waals surface area contributed by atoms with Gasteiger partial charge >= 0.3 is 6.18 Å². The Morgan fingerprint density at radius 1 is 0.825 bits per heavy atom. The van der Waals surface area contributed by atoms with Crippen LogP contribution in [0.4, 0.5) is 28.9 Å². The summed E-state index contributed by atoms with van der Waals surface area (Å²) in [5, 5.41) is 0. The lowest BCUT2D eigenvalue weighted by molar-refractivity contribution is -0.140. The zero-order chi connectivity index (χ0) is 28.9. The van der Waals surface area contributed by atoms with E-state index in [2.05, 4.69) is 14.4 Å². The zero-order valence-corrected chi connectivity index (χ0v) is 22.7. The van der Waals surface area contributed by atoms with Crippen LogP contribution in [0.2, 0.25) is 4.34 Å². The van der Waals surface area contributed by atoms with E-state index in [4.69, 9.17) is 16.0 Å². The Labute approximate surface area is 233 Å². The molecule has 0 unspecified atom stereocenters. The molecular weight excluding hydrogens is 618 g/mol. The lowest BCUT2D eigenvalue weighted by atomic mass is 10.2. The summed E-state index contributed by atoms with van der Waals surface area (Å²) in [5.41, 5.74) is -0.344. The molecule has 0 spiro atoms. The van der Waals surface area contributed by atoms with E-state index < -0.39 is 42.5 Å². The Morgan fingerprint density at radius 2 is 1.50 bits per heavy atom. The molecule has 0 amide bonds. The number of benzene rings is 3. The van der Waals surface area contributed by atoms with Crippen LogP contribution in [-0.4, -0.2) is 21.8 Å². The first-order valence-electron chi connectivity index (χ1n) is 10.9. The molecule has 8 nitrogen and oxygen atoms in total. The van der Waals surface area contributed by atoms with Gasteiger partial charge in [0.25, 0.3) is 20.0 Å². The average Bonchev–Trinajstić information content (AvgIpc) is 3.50. The van der Waals surface area contributed by atoms with Crippen LogP contribution in [0, 0.1) is 5.82 Å². The molecule has 0 aliphatic heterocycles. The van der Waals surface area contributed by atoms with Gasteiger partial charge in [-0.05, 0) is 72.8 Å². The maximum absolute atomic E-state index is 13.5. The van der Waals surface area contributed by atoms with Crippen molar-refractivity contribution in [2.45, 2.75) is 15.3 Å². The zero-order valence-electron chi connectivity index (χ0n) is 19.5. The van der Waals surface area contributed by atoms with Crippen LogP contribution in [0.3, 0.4) is 0 Å². The lowest BCUT2D eigenvalue weighted by Crippen LogP contribution is -2.15. The summed E-state index contributed by atoms with van der Waals surface area (Å²) in [6.07, 6.45) is -5.07. The van der Waals surface area contributed by atoms with E-state index in [0.717, 1.165) is 17.4 Å². The fourth-order valence-corrected chi connectivity index (χ4v) is 7.16. The molecule has 0 saturated heterocycles. The number of nitrogens with zero attached hydrogens (tertiary/aromatic N) is 1. The number of fused-ring (bicyclic) bond motifs is 1.